The van der Waals surface area contributed by atoms with Gasteiger partial charge in [0.1, 0.15) is 5.69 Å². The van der Waals surface area contributed by atoms with Gasteiger partial charge in [-0.15, -0.1) is 0 Å². The molecule has 0 unspecified atom stereocenters. The van der Waals surface area contributed by atoms with Gasteiger partial charge >= 0.3 is 0 Å². The molecule has 12 heteroatoms. The zero-order chi connectivity index (χ0) is 30.5. The highest BCUT2D eigenvalue weighted by molar-refractivity contribution is 6.03. The Bertz CT molecular complexity index is 1640. The zero-order valence-corrected chi connectivity index (χ0v) is 24.9. The van der Waals surface area contributed by atoms with Crippen LogP contribution in [0, 0.1) is 13.8 Å². The third-order valence-electron chi connectivity index (χ3n) is 7.51. The second kappa shape index (κ2) is 13.1. The number of para-hydroxylation sites is 1. The summed E-state index contributed by atoms with van der Waals surface area (Å²) in [6.45, 7) is 11.2. The average Bonchev–Trinajstić information content (AvgIpc) is 3.54. The number of carbonyl (C=O) groups excluding carboxylic acids is 2. The fourth-order valence-corrected chi connectivity index (χ4v) is 5.42. The van der Waals surface area contributed by atoms with Crippen molar-refractivity contribution in [3.63, 3.8) is 0 Å². The monoisotopic (exact) mass is 585 g/mol. The molecular weight excluding hydrogens is 546 g/mol. The predicted octanol–water partition coefficient (Wildman–Crippen LogP) is 3.30. The van der Waals surface area contributed by atoms with Crippen LogP contribution in [0.3, 0.4) is 0 Å². The SMILES string of the molecule is CCn1nc(C)cc1C(=O)Nc1nc2cccc(CN3CCOCC3)c2n1C/C=C/CNc1c(C)cc(C(N)=O)cc1N. The number of nitrogens with two attached hydrogens (primary N) is 2. The van der Waals surface area contributed by atoms with Gasteiger partial charge < -0.3 is 26.1 Å². The Morgan fingerprint density at radius 2 is 1.91 bits per heavy atom. The van der Waals surface area contributed by atoms with E-state index in [2.05, 4.69) is 26.7 Å². The summed E-state index contributed by atoms with van der Waals surface area (Å²) >= 11 is 0. The molecule has 1 aliphatic heterocycles. The summed E-state index contributed by atoms with van der Waals surface area (Å²) in [7, 11) is 0. The fraction of sp³-hybridized carbons (Fsp3) is 0.355. The van der Waals surface area contributed by atoms with Crippen LogP contribution < -0.4 is 22.1 Å². The van der Waals surface area contributed by atoms with Crippen molar-refractivity contribution in [1.29, 1.82) is 0 Å². The van der Waals surface area contributed by atoms with Crippen LogP contribution in [-0.4, -0.2) is 68.9 Å². The number of hydrogen-bond acceptors (Lipinski definition) is 8. The number of imidazole rings is 1. The average molecular weight is 586 g/mol. The van der Waals surface area contributed by atoms with E-state index in [1.807, 2.05) is 49.6 Å². The Kier molecular flexibility index (Phi) is 9.07. The van der Waals surface area contributed by atoms with Crippen LogP contribution >= 0.6 is 0 Å². The van der Waals surface area contributed by atoms with Crippen LogP contribution in [0.1, 0.15) is 44.6 Å². The number of rotatable bonds is 11. The molecule has 2 amide bonds. The number of nitrogens with one attached hydrogen (secondary N) is 2. The number of aryl methyl sites for hydroxylation is 3. The van der Waals surface area contributed by atoms with Crippen molar-refractivity contribution in [3.8, 4) is 0 Å². The van der Waals surface area contributed by atoms with Gasteiger partial charge in [0.05, 0.1) is 41.3 Å². The van der Waals surface area contributed by atoms with Gasteiger partial charge in [0, 0.05) is 44.8 Å². The highest BCUT2D eigenvalue weighted by Crippen LogP contribution is 2.27. The van der Waals surface area contributed by atoms with Gasteiger partial charge in [-0.1, -0.05) is 24.3 Å². The number of carbonyl (C=O) groups is 2. The van der Waals surface area contributed by atoms with Crippen LogP contribution in [0.4, 0.5) is 17.3 Å². The number of morpholine rings is 1. The molecule has 4 aromatic rings. The maximum Gasteiger partial charge on any atom is 0.276 e. The molecule has 2 aromatic heterocycles. The Hall–Kier alpha value is -4.68. The zero-order valence-electron chi connectivity index (χ0n) is 24.9. The van der Waals surface area contributed by atoms with Crippen molar-refractivity contribution < 1.29 is 14.3 Å². The topological polar surface area (TPSA) is 158 Å². The molecule has 1 aliphatic rings. The number of nitrogens with zero attached hydrogens (tertiary/aromatic N) is 5. The molecule has 3 heterocycles. The third-order valence-corrected chi connectivity index (χ3v) is 7.51. The fourth-order valence-electron chi connectivity index (χ4n) is 5.42. The molecule has 0 aliphatic carbocycles. The lowest BCUT2D eigenvalue weighted by Gasteiger charge is -2.27. The van der Waals surface area contributed by atoms with E-state index in [4.69, 9.17) is 21.2 Å². The number of ether oxygens (including phenoxy) is 1. The molecule has 0 saturated carbocycles. The highest BCUT2D eigenvalue weighted by atomic mass is 16.5. The minimum atomic E-state index is -0.515. The molecule has 43 heavy (non-hydrogen) atoms. The number of allylic oxidation sites excluding steroid dienone is 1. The Labute approximate surface area is 250 Å². The first-order valence-electron chi connectivity index (χ1n) is 14.5. The molecule has 2 aromatic carbocycles. The van der Waals surface area contributed by atoms with E-state index >= 15 is 0 Å². The largest absolute Gasteiger partial charge is 0.397 e. The highest BCUT2D eigenvalue weighted by Gasteiger charge is 2.20. The van der Waals surface area contributed by atoms with E-state index in [-0.39, 0.29) is 5.91 Å². The van der Waals surface area contributed by atoms with E-state index < -0.39 is 5.91 Å². The molecule has 1 fully saturated rings. The molecule has 0 spiro atoms. The van der Waals surface area contributed by atoms with Crippen molar-refractivity contribution >= 4 is 40.2 Å². The van der Waals surface area contributed by atoms with Crippen molar-refractivity contribution in [2.75, 3.05) is 49.2 Å². The quantitative estimate of drug-likeness (QED) is 0.154. The van der Waals surface area contributed by atoms with E-state index in [1.165, 1.54) is 0 Å². The summed E-state index contributed by atoms with van der Waals surface area (Å²) in [5.74, 6) is -0.306. The third kappa shape index (κ3) is 6.71. The molecule has 12 nitrogen and oxygen atoms in total. The number of amides is 2. The number of hydrogen-bond donors (Lipinski definition) is 4. The van der Waals surface area contributed by atoms with E-state index in [0.29, 0.717) is 55.7 Å². The van der Waals surface area contributed by atoms with Gasteiger partial charge in [-0.05, 0) is 56.2 Å². The van der Waals surface area contributed by atoms with Crippen LogP contribution in [0.15, 0.2) is 48.6 Å². The summed E-state index contributed by atoms with van der Waals surface area (Å²) < 4.78 is 9.27. The molecule has 5 rings (SSSR count). The lowest BCUT2D eigenvalue weighted by Crippen LogP contribution is -2.35. The van der Waals surface area contributed by atoms with E-state index in [9.17, 15) is 9.59 Å². The normalized spacial score (nSPS) is 14.0. The van der Waals surface area contributed by atoms with Gasteiger partial charge in [-0.3, -0.25) is 24.5 Å². The van der Waals surface area contributed by atoms with Gasteiger partial charge in [-0.25, -0.2) is 4.98 Å². The van der Waals surface area contributed by atoms with Gasteiger partial charge in [0.25, 0.3) is 5.91 Å². The first kappa shape index (κ1) is 29.8. The second-order valence-electron chi connectivity index (χ2n) is 10.6. The smallest absolute Gasteiger partial charge is 0.276 e. The molecule has 0 bridgehead atoms. The van der Waals surface area contributed by atoms with E-state index in [0.717, 1.165) is 53.2 Å². The molecular formula is C31H39N9O3. The lowest BCUT2D eigenvalue weighted by molar-refractivity contribution is 0.0343. The van der Waals surface area contributed by atoms with E-state index in [1.54, 1.807) is 22.9 Å². The number of fused-ring (bicyclic) bond motifs is 1. The first-order valence-corrected chi connectivity index (χ1v) is 14.5. The van der Waals surface area contributed by atoms with Crippen molar-refractivity contribution in [3.05, 3.63) is 76.6 Å². The Morgan fingerprint density at radius 3 is 2.63 bits per heavy atom. The molecule has 6 N–H and O–H groups in total. The van der Waals surface area contributed by atoms with Crippen LogP contribution in [0.25, 0.3) is 11.0 Å². The molecule has 1 saturated heterocycles. The lowest BCUT2D eigenvalue weighted by atomic mass is 10.1. The van der Waals surface area contributed by atoms with Gasteiger partial charge in [0.2, 0.25) is 11.9 Å². The van der Waals surface area contributed by atoms with Crippen molar-refractivity contribution in [1.82, 2.24) is 24.2 Å². The Balaban J connectivity index is 1.41. The number of benzene rings is 2. The summed E-state index contributed by atoms with van der Waals surface area (Å²) in [5.41, 5.74) is 18.2. The minimum Gasteiger partial charge on any atom is -0.397 e. The van der Waals surface area contributed by atoms with Gasteiger partial charge in [0.15, 0.2) is 0 Å². The standard InChI is InChI=1S/C31H39N9O3/c1-4-40-26(17-21(3)37-40)30(42)36-31-35-25-9-7-8-22(19-38-12-14-43-15-13-38)28(25)39(31)11-6-5-10-34-27-20(2)16-23(29(33)41)18-24(27)32/h5-9,16-18,34H,4,10-15,19,32H2,1-3H3,(H2,33,41)(H,35,36,42)/b6-5+. The Morgan fingerprint density at radius 1 is 1.12 bits per heavy atom. The number of primary amides is 1. The number of anilines is 3. The van der Waals surface area contributed by atoms with Crippen molar-refractivity contribution in [2.45, 2.75) is 40.4 Å². The van der Waals surface area contributed by atoms with Crippen molar-refractivity contribution in [2.24, 2.45) is 5.73 Å². The summed E-state index contributed by atoms with van der Waals surface area (Å²) in [6, 6.07) is 11.2. The van der Waals surface area contributed by atoms with Crippen LogP contribution in [-0.2, 0) is 24.4 Å². The van der Waals surface area contributed by atoms with Gasteiger partial charge in [-0.2, -0.15) is 5.10 Å². The number of aromatic nitrogens is 4. The molecule has 226 valence electrons. The van der Waals surface area contributed by atoms with Crippen LogP contribution in [0.5, 0.6) is 0 Å². The summed E-state index contributed by atoms with van der Waals surface area (Å²) in [5, 5.41) is 10.8. The van der Waals surface area contributed by atoms with Crippen LogP contribution in [0.2, 0.25) is 0 Å². The summed E-state index contributed by atoms with van der Waals surface area (Å²) in [4.78, 5) is 32.1. The maximum atomic E-state index is 13.4. The molecule has 0 radical (unpaired) electrons. The minimum absolute atomic E-state index is 0.260. The maximum absolute atomic E-state index is 13.4. The summed E-state index contributed by atoms with van der Waals surface area (Å²) in [6.07, 6.45) is 4.03. The predicted molar refractivity (Wildman–Crippen MR) is 168 cm³/mol. The first-order chi connectivity index (χ1) is 20.7. The second-order valence-corrected chi connectivity index (χ2v) is 10.6. The number of nitrogen functional groups attached to an aromatic ring is 1. The molecule has 0 atom stereocenters.